The van der Waals surface area contributed by atoms with E-state index in [-0.39, 0.29) is 58.1 Å². The van der Waals surface area contributed by atoms with Crippen molar-refractivity contribution in [2.75, 3.05) is 46.1 Å². The molecule has 0 radical (unpaired) electrons. The lowest BCUT2D eigenvalue weighted by molar-refractivity contribution is -0.141. The Morgan fingerprint density at radius 1 is 0.758 bits per heavy atom. The molecule has 33 heavy (non-hydrogen) atoms. The molecule has 1 atom stereocenters. The fourth-order valence-corrected chi connectivity index (χ4v) is 2.54. The average molecular weight is 477 g/mol. The van der Waals surface area contributed by atoms with Crippen LogP contribution < -0.4 is 21.7 Å². The van der Waals surface area contributed by atoms with Crippen LogP contribution in [0.5, 0.6) is 0 Å². The van der Waals surface area contributed by atoms with Crippen LogP contribution in [0.15, 0.2) is 0 Å². The first kappa shape index (κ1) is 30.2. The van der Waals surface area contributed by atoms with Crippen molar-refractivity contribution < 1.29 is 43.7 Å². The van der Waals surface area contributed by atoms with Crippen LogP contribution >= 0.6 is 0 Å². The first-order valence-corrected chi connectivity index (χ1v) is 10.9. The maximum Gasteiger partial charge on any atom is 0.305 e. The number of hydrogen-bond acceptors (Lipinski definition) is 8. The molecule has 7 N–H and O–H groups in total. The summed E-state index contributed by atoms with van der Waals surface area (Å²) in [6.45, 7) is 1.26. The first-order valence-electron chi connectivity index (χ1n) is 10.9. The molecule has 0 saturated heterocycles. The summed E-state index contributed by atoms with van der Waals surface area (Å²) in [6.07, 6.45) is 2.14. The number of ether oxygens (including phenoxy) is 2. The third kappa shape index (κ3) is 19.6. The van der Waals surface area contributed by atoms with Gasteiger partial charge in [-0.05, 0) is 25.8 Å². The molecule has 13 heteroatoms. The molecule has 1 unspecified atom stereocenters. The van der Waals surface area contributed by atoms with Crippen molar-refractivity contribution >= 4 is 29.7 Å². The lowest BCUT2D eigenvalue weighted by Crippen LogP contribution is -2.49. The summed E-state index contributed by atoms with van der Waals surface area (Å²) in [6, 6.07) is -1.21. The van der Waals surface area contributed by atoms with Crippen LogP contribution in [-0.4, -0.2) is 92.0 Å². The second-order valence-electron chi connectivity index (χ2n) is 7.12. The number of carboxylic acid groups (broad SMARTS) is 2. The van der Waals surface area contributed by atoms with Gasteiger partial charge in [0.15, 0.2) is 0 Å². The van der Waals surface area contributed by atoms with Crippen LogP contribution in [0, 0.1) is 0 Å². The van der Waals surface area contributed by atoms with Crippen LogP contribution in [0.3, 0.4) is 0 Å². The first-order chi connectivity index (χ1) is 15.8. The van der Waals surface area contributed by atoms with Crippen molar-refractivity contribution in [1.82, 2.24) is 16.0 Å². The Morgan fingerprint density at radius 2 is 1.48 bits per heavy atom. The van der Waals surface area contributed by atoms with Crippen molar-refractivity contribution in [2.24, 2.45) is 5.73 Å². The number of carbonyl (C=O) groups excluding carboxylic acids is 3. The third-order valence-corrected chi connectivity index (χ3v) is 4.18. The van der Waals surface area contributed by atoms with Gasteiger partial charge in [0.2, 0.25) is 17.7 Å². The van der Waals surface area contributed by atoms with Gasteiger partial charge in [-0.25, -0.2) is 0 Å². The monoisotopic (exact) mass is 476 g/mol. The van der Waals surface area contributed by atoms with E-state index in [1.165, 1.54) is 0 Å². The Balaban J connectivity index is 3.93. The highest BCUT2D eigenvalue weighted by Gasteiger charge is 2.23. The summed E-state index contributed by atoms with van der Waals surface area (Å²) in [7, 11) is 0. The minimum atomic E-state index is -1.22. The van der Waals surface area contributed by atoms with E-state index in [0.717, 1.165) is 12.8 Å². The summed E-state index contributed by atoms with van der Waals surface area (Å²) < 4.78 is 10.4. The van der Waals surface area contributed by atoms with Gasteiger partial charge in [-0.1, -0.05) is 6.42 Å². The Hall–Kier alpha value is -2.77. The minimum Gasteiger partial charge on any atom is -0.481 e. The molecule has 0 aliphatic carbocycles. The normalized spacial score (nSPS) is 11.4. The molecule has 0 aromatic rings. The molecular weight excluding hydrogens is 440 g/mol. The van der Waals surface area contributed by atoms with Gasteiger partial charge in [0.1, 0.15) is 12.6 Å². The van der Waals surface area contributed by atoms with Gasteiger partial charge in [0.25, 0.3) is 0 Å². The van der Waals surface area contributed by atoms with E-state index in [4.69, 9.17) is 25.4 Å². The molecule has 0 spiro atoms. The lowest BCUT2D eigenvalue weighted by Gasteiger charge is -2.17. The zero-order chi connectivity index (χ0) is 24.9. The van der Waals surface area contributed by atoms with Gasteiger partial charge >= 0.3 is 11.9 Å². The Labute approximate surface area is 192 Å². The highest BCUT2D eigenvalue weighted by molar-refractivity contribution is 5.90. The Morgan fingerprint density at radius 3 is 2.15 bits per heavy atom. The van der Waals surface area contributed by atoms with Gasteiger partial charge in [0, 0.05) is 25.9 Å². The smallest absolute Gasteiger partial charge is 0.305 e. The summed E-state index contributed by atoms with van der Waals surface area (Å²) in [4.78, 5) is 56.9. The molecular formula is C20H36N4O9. The number of carboxylic acids is 2. The van der Waals surface area contributed by atoms with E-state index < -0.39 is 36.2 Å². The molecule has 0 saturated carbocycles. The zero-order valence-electron chi connectivity index (χ0n) is 18.8. The lowest BCUT2D eigenvalue weighted by atomic mass is 10.2. The Kier molecular flexibility index (Phi) is 18.2. The molecule has 3 amide bonds. The molecule has 0 fully saturated rings. The van der Waals surface area contributed by atoms with E-state index in [1.54, 1.807) is 0 Å². The number of carbonyl (C=O) groups is 5. The van der Waals surface area contributed by atoms with E-state index in [0.29, 0.717) is 19.5 Å². The van der Waals surface area contributed by atoms with E-state index in [1.807, 2.05) is 0 Å². The molecule has 0 aromatic carbocycles. The van der Waals surface area contributed by atoms with E-state index in [2.05, 4.69) is 16.0 Å². The van der Waals surface area contributed by atoms with Crippen molar-refractivity contribution in [3.63, 3.8) is 0 Å². The molecule has 0 aliphatic rings. The topological polar surface area (TPSA) is 206 Å². The number of unbranched alkanes of at least 4 members (excludes halogenated alkanes) is 2. The standard InChI is InChI=1S/C20H36N4O9/c21-7-2-1-3-8-23-20(31)15(13-19(29)30)24-17(26)14-33-12-11-32-10-9-22-16(25)5-4-6-18(27)28/h15H,1-14,21H2,(H,22,25)(H,23,31)(H,24,26)(H,27,28)(H,29,30). The maximum absolute atomic E-state index is 12.1. The predicted molar refractivity (Wildman–Crippen MR) is 116 cm³/mol. The summed E-state index contributed by atoms with van der Waals surface area (Å²) in [5, 5.41) is 25.0. The van der Waals surface area contributed by atoms with E-state index >= 15 is 0 Å². The predicted octanol–water partition coefficient (Wildman–Crippen LogP) is -1.40. The van der Waals surface area contributed by atoms with Gasteiger partial charge in [0.05, 0.1) is 26.2 Å². The molecule has 0 aromatic heterocycles. The SMILES string of the molecule is NCCCCCNC(=O)C(CC(=O)O)NC(=O)COCCOCCNC(=O)CCCC(=O)O. The number of nitrogens with two attached hydrogens (primary N) is 1. The van der Waals surface area contributed by atoms with Crippen LogP contribution in [0.4, 0.5) is 0 Å². The second-order valence-corrected chi connectivity index (χ2v) is 7.12. The minimum absolute atomic E-state index is 0.0637. The van der Waals surface area contributed by atoms with Crippen LogP contribution in [0.2, 0.25) is 0 Å². The van der Waals surface area contributed by atoms with Crippen molar-refractivity contribution in [3.8, 4) is 0 Å². The highest BCUT2D eigenvalue weighted by atomic mass is 16.5. The highest BCUT2D eigenvalue weighted by Crippen LogP contribution is 1.97. The van der Waals surface area contributed by atoms with Gasteiger partial charge in [-0.2, -0.15) is 0 Å². The van der Waals surface area contributed by atoms with Crippen molar-refractivity contribution in [2.45, 2.75) is 51.0 Å². The molecule has 0 rings (SSSR count). The van der Waals surface area contributed by atoms with Gasteiger partial charge in [-0.15, -0.1) is 0 Å². The Bertz CT molecular complexity index is 616. The molecule has 0 aliphatic heterocycles. The fourth-order valence-electron chi connectivity index (χ4n) is 2.54. The molecule has 190 valence electrons. The summed E-state index contributed by atoms with van der Waals surface area (Å²) in [5.74, 6) is -3.64. The quantitative estimate of drug-likeness (QED) is 0.107. The van der Waals surface area contributed by atoms with Gasteiger partial charge in [-0.3, -0.25) is 24.0 Å². The van der Waals surface area contributed by atoms with Crippen LogP contribution in [0.25, 0.3) is 0 Å². The molecule has 0 heterocycles. The number of nitrogens with one attached hydrogen (secondary N) is 3. The van der Waals surface area contributed by atoms with Crippen LogP contribution in [-0.2, 0) is 33.4 Å². The number of hydrogen-bond donors (Lipinski definition) is 6. The van der Waals surface area contributed by atoms with Crippen molar-refractivity contribution in [3.05, 3.63) is 0 Å². The zero-order valence-corrected chi connectivity index (χ0v) is 18.8. The fraction of sp³-hybridized carbons (Fsp3) is 0.750. The summed E-state index contributed by atoms with van der Waals surface area (Å²) >= 11 is 0. The number of amides is 3. The second kappa shape index (κ2) is 19.9. The molecule has 13 nitrogen and oxygen atoms in total. The maximum atomic E-state index is 12.1. The molecule has 0 bridgehead atoms. The van der Waals surface area contributed by atoms with E-state index in [9.17, 15) is 24.0 Å². The average Bonchev–Trinajstić information content (AvgIpc) is 2.74. The number of rotatable bonds is 21. The van der Waals surface area contributed by atoms with Crippen LogP contribution in [0.1, 0.15) is 44.9 Å². The van der Waals surface area contributed by atoms with Gasteiger partial charge < -0.3 is 41.4 Å². The van der Waals surface area contributed by atoms with Crippen molar-refractivity contribution in [1.29, 1.82) is 0 Å². The number of aliphatic carboxylic acids is 2. The summed E-state index contributed by atoms with van der Waals surface area (Å²) in [5.41, 5.74) is 5.39. The largest absolute Gasteiger partial charge is 0.481 e. The third-order valence-electron chi connectivity index (χ3n) is 4.18.